The van der Waals surface area contributed by atoms with E-state index >= 15 is 0 Å². The van der Waals surface area contributed by atoms with Crippen LogP contribution >= 0.6 is 15.9 Å². The molecule has 0 spiro atoms. The first-order valence-electron chi connectivity index (χ1n) is 4.68. The van der Waals surface area contributed by atoms with Gasteiger partial charge in [0.1, 0.15) is 0 Å². The van der Waals surface area contributed by atoms with Crippen LogP contribution in [0.2, 0.25) is 0 Å². The molecule has 1 aromatic carbocycles. The molecule has 1 aromatic rings. The van der Waals surface area contributed by atoms with Crippen molar-refractivity contribution in [2.24, 2.45) is 11.7 Å². The standard InChI is InChI=1S/C11H12BrNO/c1-6(13)8-5-9-7(11(8)14)3-2-4-10(9)12/h2-4,6,8H,5,13H2,1H3. The Morgan fingerprint density at radius 3 is 2.86 bits per heavy atom. The number of hydrogen-bond donors (Lipinski definition) is 1. The summed E-state index contributed by atoms with van der Waals surface area (Å²) in [6.45, 7) is 1.89. The topological polar surface area (TPSA) is 43.1 Å². The number of carbonyl (C=O) groups is 1. The average Bonchev–Trinajstić information content (AvgIpc) is 2.46. The van der Waals surface area contributed by atoms with Crippen molar-refractivity contribution in [2.75, 3.05) is 0 Å². The fraction of sp³-hybridized carbons (Fsp3) is 0.364. The molecule has 0 heterocycles. The van der Waals surface area contributed by atoms with Gasteiger partial charge in [-0.05, 0) is 25.0 Å². The third kappa shape index (κ3) is 1.41. The van der Waals surface area contributed by atoms with Gasteiger partial charge < -0.3 is 5.73 Å². The van der Waals surface area contributed by atoms with E-state index in [9.17, 15) is 4.79 Å². The Morgan fingerprint density at radius 1 is 1.57 bits per heavy atom. The van der Waals surface area contributed by atoms with Crippen molar-refractivity contribution in [2.45, 2.75) is 19.4 Å². The zero-order valence-electron chi connectivity index (χ0n) is 7.96. The number of fused-ring (bicyclic) bond motifs is 1. The Kier molecular flexibility index (Phi) is 2.45. The van der Waals surface area contributed by atoms with Gasteiger partial charge in [-0.3, -0.25) is 4.79 Å². The molecule has 14 heavy (non-hydrogen) atoms. The van der Waals surface area contributed by atoms with Crippen molar-refractivity contribution in [3.05, 3.63) is 33.8 Å². The van der Waals surface area contributed by atoms with Crippen LogP contribution in [0.15, 0.2) is 22.7 Å². The van der Waals surface area contributed by atoms with Gasteiger partial charge in [0.25, 0.3) is 0 Å². The molecule has 0 bridgehead atoms. The van der Waals surface area contributed by atoms with Gasteiger partial charge in [0.2, 0.25) is 0 Å². The Labute approximate surface area is 91.6 Å². The van der Waals surface area contributed by atoms with Crippen molar-refractivity contribution in [3.8, 4) is 0 Å². The van der Waals surface area contributed by atoms with Gasteiger partial charge in [-0.2, -0.15) is 0 Å². The first-order valence-corrected chi connectivity index (χ1v) is 5.47. The highest BCUT2D eigenvalue weighted by Crippen LogP contribution is 2.33. The highest BCUT2D eigenvalue weighted by molar-refractivity contribution is 9.10. The van der Waals surface area contributed by atoms with E-state index in [1.165, 1.54) is 0 Å². The third-order valence-electron chi connectivity index (χ3n) is 2.78. The second-order valence-electron chi connectivity index (χ2n) is 3.80. The van der Waals surface area contributed by atoms with Crippen molar-refractivity contribution in [3.63, 3.8) is 0 Å². The van der Waals surface area contributed by atoms with Gasteiger partial charge in [0.15, 0.2) is 5.78 Å². The van der Waals surface area contributed by atoms with Crippen molar-refractivity contribution < 1.29 is 4.79 Å². The lowest BCUT2D eigenvalue weighted by molar-refractivity contribution is 0.0924. The summed E-state index contributed by atoms with van der Waals surface area (Å²) in [5.41, 5.74) is 7.73. The fourth-order valence-electron chi connectivity index (χ4n) is 1.93. The van der Waals surface area contributed by atoms with Gasteiger partial charge in [0, 0.05) is 22.0 Å². The second kappa shape index (κ2) is 3.48. The lowest BCUT2D eigenvalue weighted by Gasteiger charge is -2.11. The molecule has 0 saturated heterocycles. The van der Waals surface area contributed by atoms with E-state index in [0.717, 1.165) is 22.0 Å². The number of carbonyl (C=O) groups excluding carboxylic acids is 1. The highest BCUT2D eigenvalue weighted by Gasteiger charge is 2.33. The van der Waals surface area contributed by atoms with E-state index in [1.54, 1.807) is 0 Å². The van der Waals surface area contributed by atoms with Crippen molar-refractivity contribution >= 4 is 21.7 Å². The van der Waals surface area contributed by atoms with Crippen LogP contribution in [0.1, 0.15) is 22.8 Å². The number of ketones is 1. The summed E-state index contributed by atoms with van der Waals surface area (Å²) < 4.78 is 1.02. The SMILES string of the molecule is CC(N)C1Cc2c(Br)cccc2C1=O. The molecule has 0 amide bonds. The zero-order valence-corrected chi connectivity index (χ0v) is 9.54. The van der Waals surface area contributed by atoms with E-state index in [1.807, 2.05) is 25.1 Å². The van der Waals surface area contributed by atoms with Crippen LogP contribution in [0.5, 0.6) is 0 Å². The summed E-state index contributed by atoms with van der Waals surface area (Å²) in [7, 11) is 0. The Bertz CT molecular complexity index is 387. The molecule has 1 aliphatic carbocycles. The van der Waals surface area contributed by atoms with Gasteiger partial charge in [-0.25, -0.2) is 0 Å². The van der Waals surface area contributed by atoms with Crippen LogP contribution in [0.4, 0.5) is 0 Å². The minimum Gasteiger partial charge on any atom is -0.327 e. The lowest BCUT2D eigenvalue weighted by atomic mass is 9.98. The number of rotatable bonds is 1. The number of halogens is 1. The minimum absolute atomic E-state index is 0.0382. The van der Waals surface area contributed by atoms with Crippen LogP contribution in [-0.4, -0.2) is 11.8 Å². The fourth-order valence-corrected chi connectivity index (χ4v) is 2.46. The maximum atomic E-state index is 11.9. The van der Waals surface area contributed by atoms with Crippen LogP contribution in [0.3, 0.4) is 0 Å². The smallest absolute Gasteiger partial charge is 0.168 e. The predicted octanol–water partition coefficient (Wildman–Crippen LogP) is 2.15. The van der Waals surface area contributed by atoms with E-state index in [2.05, 4.69) is 15.9 Å². The monoisotopic (exact) mass is 253 g/mol. The Balaban J connectivity index is 2.45. The molecule has 0 saturated carbocycles. The summed E-state index contributed by atoms with van der Waals surface area (Å²) in [4.78, 5) is 11.9. The van der Waals surface area contributed by atoms with Crippen LogP contribution in [0, 0.1) is 5.92 Å². The summed E-state index contributed by atoms with van der Waals surface area (Å²) in [6.07, 6.45) is 0.771. The zero-order chi connectivity index (χ0) is 10.3. The molecule has 0 radical (unpaired) electrons. The maximum Gasteiger partial charge on any atom is 0.168 e. The molecule has 0 fully saturated rings. The normalized spacial score (nSPS) is 22.2. The summed E-state index contributed by atoms with van der Waals surface area (Å²) in [5, 5.41) is 0. The quantitative estimate of drug-likeness (QED) is 0.834. The average molecular weight is 254 g/mol. The highest BCUT2D eigenvalue weighted by atomic mass is 79.9. The lowest BCUT2D eigenvalue weighted by Crippen LogP contribution is -2.30. The van der Waals surface area contributed by atoms with Crippen molar-refractivity contribution in [1.29, 1.82) is 0 Å². The molecule has 0 aliphatic heterocycles. The summed E-state index contributed by atoms with van der Waals surface area (Å²) in [6, 6.07) is 5.67. The summed E-state index contributed by atoms with van der Waals surface area (Å²) >= 11 is 3.46. The molecular formula is C11H12BrNO. The summed E-state index contributed by atoms with van der Waals surface area (Å²) in [5.74, 6) is 0.153. The number of benzene rings is 1. The second-order valence-corrected chi connectivity index (χ2v) is 4.65. The molecule has 74 valence electrons. The maximum absolute atomic E-state index is 11.9. The Hall–Kier alpha value is -0.670. The van der Waals surface area contributed by atoms with Crippen LogP contribution in [0.25, 0.3) is 0 Å². The molecule has 1 aliphatic rings. The van der Waals surface area contributed by atoms with Gasteiger partial charge in [0.05, 0.1) is 0 Å². The van der Waals surface area contributed by atoms with E-state index in [4.69, 9.17) is 5.73 Å². The number of Topliss-reactive ketones (excluding diaryl/α,β-unsaturated/α-hetero) is 1. The molecule has 2 atom stereocenters. The van der Waals surface area contributed by atoms with Gasteiger partial charge in [-0.15, -0.1) is 0 Å². The van der Waals surface area contributed by atoms with Crippen LogP contribution < -0.4 is 5.73 Å². The molecule has 0 aromatic heterocycles. The minimum atomic E-state index is -0.0678. The molecule has 2 N–H and O–H groups in total. The first kappa shape index (κ1) is 9.87. The van der Waals surface area contributed by atoms with E-state index in [0.29, 0.717) is 0 Å². The third-order valence-corrected chi connectivity index (χ3v) is 3.52. The molecular weight excluding hydrogens is 242 g/mol. The predicted molar refractivity (Wildman–Crippen MR) is 59.3 cm³/mol. The molecule has 2 nitrogen and oxygen atoms in total. The largest absolute Gasteiger partial charge is 0.327 e. The van der Waals surface area contributed by atoms with Crippen molar-refractivity contribution in [1.82, 2.24) is 0 Å². The first-order chi connectivity index (χ1) is 6.61. The van der Waals surface area contributed by atoms with Crippen LogP contribution in [-0.2, 0) is 6.42 Å². The number of hydrogen-bond acceptors (Lipinski definition) is 2. The van der Waals surface area contributed by atoms with E-state index < -0.39 is 0 Å². The molecule has 2 rings (SSSR count). The number of nitrogens with two attached hydrogens (primary N) is 1. The van der Waals surface area contributed by atoms with E-state index in [-0.39, 0.29) is 17.7 Å². The molecule has 3 heteroatoms. The van der Waals surface area contributed by atoms with Gasteiger partial charge in [-0.1, -0.05) is 28.1 Å². The van der Waals surface area contributed by atoms with Gasteiger partial charge >= 0.3 is 0 Å². The molecule has 2 unspecified atom stereocenters. The Morgan fingerprint density at radius 2 is 2.29 bits per heavy atom.